The number of rotatable bonds is 4. The van der Waals surface area contributed by atoms with E-state index in [4.69, 9.17) is 4.74 Å². The van der Waals surface area contributed by atoms with Crippen LogP contribution in [0.3, 0.4) is 0 Å². The topological polar surface area (TPSA) is 50.4 Å². The Morgan fingerprint density at radius 3 is 2.61 bits per heavy atom. The summed E-state index contributed by atoms with van der Waals surface area (Å²) in [7, 11) is 0. The molecule has 1 aromatic carbocycles. The van der Waals surface area contributed by atoms with Gasteiger partial charge >= 0.3 is 6.09 Å². The number of benzene rings is 1. The molecular formula is C19H30N2O2. The fourth-order valence-electron chi connectivity index (χ4n) is 2.94. The number of nitrogens with one attached hydrogen (secondary N) is 2. The molecule has 0 saturated carbocycles. The third kappa shape index (κ3) is 5.24. The first-order chi connectivity index (χ1) is 10.6. The van der Waals surface area contributed by atoms with Crippen molar-refractivity contribution in [3.8, 4) is 0 Å². The molecule has 1 atom stereocenters. The largest absolute Gasteiger partial charge is 0.444 e. The van der Waals surface area contributed by atoms with Crippen molar-refractivity contribution in [3.63, 3.8) is 0 Å². The number of fused-ring (bicyclic) bond motifs is 1. The molecule has 0 spiro atoms. The normalized spacial score (nSPS) is 17.7. The number of hydrogen-bond donors (Lipinski definition) is 2. The van der Waals surface area contributed by atoms with Crippen molar-refractivity contribution in [1.82, 2.24) is 10.6 Å². The smallest absolute Gasteiger partial charge is 0.408 e. The molecule has 1 amide bonds. The lowest BCUT2D eigenvalue weighted by molar-refractivity contribution is 0.0470. The molecule has 0 radical (unpaired) electrons. The van der Waals surface area contributed by atoms with Crippen molar-refractivity contribution in [2.45, 2.75) is 71.6 Å². The zero-order valence-electron chi connectivity index (χ0n) is 15.2. The third-order valence-electron chi connectivity index (χ3n) is 4.01. The zero-order valence-corrected chi connectivity index (χ0v) is 15.2. The van der Waals surface area contributed by atoms with Crippen LogP contribution in [0, 0.1) is 6.92 Å². The van der Waals surface area contributed by atoms with Crippen LogP contribution in [0.4, 0.5) is 4.79 Å². The Bertz CT molecular complexity index is 573. The maximum absolute atomic E-state index is 12.0. The number of amides is 1. The van der Waals surface area contributed by atoms with Gasteiger partial charge < -0.3 is 15.4 Å². The molecule has 4 nitrogen and oxygen atoms in total. The highest BCUT2D eigenvalue weighted by atomic mass is 16.6. The average molecular weight is 318 g/mol. The van der Waals surface area contributed by atoms with Gasteiger partial charge in [0.2, 0.25) is 0 Å². The van der Waals surface area contributed by atoms with Gasteiger partial charge in [-0.1, -0.05) is 23.8 Å². The van der Waals surface area contributed by atoms with Crippen LogP contribution < -0.4 is 10.6 Å². The van der Waals surface area contributed by atoms with Gasteiger partial charge in [0.1, 0.15) is 5.60 Å². The maximum atomic E-state index is 12.0. The van der Waals surface area contributed by atoms with Crippen molar-refractivity contribution < 1.29 is 9.53 Å². The Kier molecular flexibility index (Phi) is 5.04. The van der Waals surface area contributed by atoms with E-state index in [2.05, 4.69) is 35.8 Å². The van der Waals surface area contributed by atoms with E-state index in [0.717, 1.165) is 12.8 Å². The monoisotopic (exact) mass is 318 g/mol. The molecule has 0 bridgehead atoms. The van der Waals surface area contributed by atoms with Gasteiger partial charge in [-0.25, -0.2) is 4.79 Å². The van der Waals surface area contributed by atoms with Gasteiger partial charge in [0, 0.05) is 12.6 Å². The summed E-state index contributed by atoms with van der Waals surface area (Å²) in [6, 6.07) is 7.05. The first-order valence-corrected chi connectivity index (χ1v) is 8.40. The molecule has 0 heterocycles. The maximum Gasteiger partial charge on any atom is 0.408 e. The second kappa shape index (κ2) is 6.52. The lowest BCUT2D eigenvalue weighted by Crippen LogP contribution is -2.52. The van der Waals surface area contributed by atoms with Crippen LogP contribution in [0.2, 0.25) is 0 Å². The predicted octanol–water partition coefficient (Wildman–Crippen LogP) is 3.88. The van der Waals surface area contributed by atoms with E-state index in [1.165, 1.54) is 16.7 Å². The Morgan fingerprint density at radius 1 is 1.26 bits per heavy atom. The van der Waals surface area contributed by atoms with Crippen LogP contribution in [0.1, 0.15) is 63.8 Å². The highest BCUT2D eigenvalue weighted by molar-refractivity contribution is 5.68. The van der Waals surface area contributed by atoms with Gasteiger partial charge in [0.05, 0.1) is 5.54 Å². The van der Waals surface area contributed by atoms with E-state index in [-0.39, 0.29) is 11.6 Å². The first-order valence-electron chi connectivity index (χ1n) is 8.40. The predicted molar refractivity (Wildman–Crippen MR) is 93.7 cm³/mol. The van der Waals surface area contributed by atoms with Crippen LogP contribution in [0.5, 0.6) is 0 Å². The molecule has 2 rings (SSSR count). The van der Waals surface area contributed by atoms with E-state index in [9.17, 15) is 4.79 Å². The highest BCUT2D eigenvalue weighted by Gasteiger charge is 2.27. The third-order valence-corrected chi connectivity index (χ3v) is 4.01. The van der Waals surface area contributed by atoms with Gasteiger partial charge in [0.25, 0.3) is 0 Å². The number of carbonyl (C=O) groups is 1. The molecule has 2 N–H and O–H groups in total. The van der Waals surface area contributed by atoms with Crippen LogP contribution in [-0.4, -0.2) is 23.8 Å². The van der Waals surface area contributed by atoms with Crippen LogP contribution in [0.15, 0.2) is 18.2 Å². The minimum absolute atomic E-state index is 0.365. The van der Waals surface area contributed by atoms with Gasteiger partial charge in [-0.3, -0.25) is 0 Å². The number of aryl methyl sites for hydroxylation is 2. The number of carbonyl (C=O) groups excluding carboxylic acids is 1. The molecule has 0 saturated heterocycles. The van der Waals surface area contributed by atoms with Crippen LogP contribution >= 0.6 is 0 Å². The molecule has 1 aromatic rings. The molecule has 128 valence electrons. The molecule has 1 unspecified atom stereocenters. The number of alkyl carbamates (subject to hydrolysis) is 1. The molecular weight excluding hydrogens is 288 g/mol. The van der Waals surface area contributed by atoms with Crippen molar-refractivity contribution in [3.05, 3.63) is 34.9 Å². The summed E-state index contributed by atoms with van der Waals surface area (Å²) in [5.74, 6) is 0. The molecule has 1 aliphatic rings. The van der Waals surface area contributed by atoms with E-state index < -0.39 is 5.60 Å². The fraction of sp³-hybridized carbons (Fsp3) is 0.632. The summed E-state index contributed by atoms with van der Waals surface area (Å²) in [6.45, 7) is 12.5. The van der Waals surface area contributed by atoms with Crippen LogP contribution in [-0.2, 0) is 11.2 Å². The number of hydrogen-bond acceptors (Lipinski definition) is 3. The minimum atomic E-state index is -0.477. The average Bonchev–Trinajstić information content (AvgIpc) is 2.75. The second-order valence-electron chi connectivity index (χ2n) is 8.19. The number of ether oxygens (including phenoxy) is 1. The summed E-state index contributed by atoms with van der Waals surface area (Å²) in [5, 5.41) is 6.55. The Labute approximate surface area is 140 Å². The molecule has 0 fully saturated rings. The highest BCUT2D eigenvalue weighted by Crippen LogP contribution is 2.31. The minimum Gasteiger partial charge on any atom is -0.444 e. The van der Waals surface area contributed by atoms with Crippen molar-refractivity contribution in [1.29, 1.82) is 0 Å². The van der Waals surface area contributed by atoms with Crippen molar-refractivity contribution in [2.24, 2.45) is 0 Å². The van der Waals surface area contributed by atoms with E-state index in [1.54, 1.807) is 0 Å². The summed E-state index contributed by atoms with van der Waals surface area (Å²) in [6.07, 6.45) is 1.86. The van der Waals surface area contributed by atoms with Crippen molar-refractivity contribution in [2.75, 3.05) is 6.54 Å². The summed E-state index contributed by atoms with van der Waals surface area (Å²) in [5.41, 5.74) is 3.29. The Hall–Kier alpha value is -1.55. The lowest BCUT2D eigenvalue weighted by atomic mass is 10.0. The Balaban J connectivity index is 1.91. The molecule has 1 aliphatic carbocycles. The summed E-state index contributed by atoms with van der Waals surface area (Å²) >= 11 is 0. The molecule has 4 heteroatoms. The zero-order chi connectivity index (χ0) is 17.3. The quantitative estimate of drug-likeness (QED) is 0.886. The second-order valence-corrected chi connectivity index (χ2v) is 8.19. The lowest BCUT2D eigenvalue weighted by Gasteiger charge is -2.30. The van der Waals surface area contributed by atoms with Gasteiger partial charge in [-0.2, -0.15) is 0 Å². The molecule has 0 aromatic heterocycles. The van der Waals surface area contributed by atoms with Crippen molar-refractivity contribution >= 4 is 6.09 Å². The summed E-state index contributed by atoms with van der Waals surface area (Å²) < 4.78 is 5.34. The first kappa shape index (κ1) is 17.8. The molecule has 0 aliphatic heterocycles. The fourth-order valence-corrected chi connectivity index (χ4v) is 2.94. The molecule has 23 heavy (non-hydrogen) atoms. The van der Waals surface area contributed by atoms with Crippen LogP contribution in [0.25, 0.3) is 0 Å². The van der Waals surface area contributed by atoms with Gasteiger partial charge in [0.15, 0.2) is 0 Å². The van der Waals surface area contributed by atoms with Gasteiger partial charge in [-0.05, 0) is 65.5 Å². The van der Waals surface area contributed by atoms with E-state index >= 15 is 0 Å². The van der Waals surface area contributed by atoms with Gasteiger partial charge in [-0.15, -0.1) is 0 Å². The Morgan fingerprint density at radius 2 is 1.96 bits per heavy atom. The SMILES string of the molecule is Cc1ccc2c(c1)C(NCC(C)(C)NC(=O)OC(C)(C)C)CC2. The van der Waals surface area contributed by atoms with E-state index in [1.807, 2.05) is 34.6 Å². The summed E-state index contributed by atoms with van der Waals surface area (Å²) in [4.78, 5) is 12.0. The van der Waals surface area contributed by atoms with E-state index in [0.29, 0.717) is 12.6 Å². The standard InChI is InChI=1S/C19H30N2O2/c1-13-7-8-14-9-10-16(15(14)11-13)20-12-19(5,6)21-17(22)23-18(2,3)4/h7-8,11,16,20H,9-10,12H2,1-6H3,(H,21,22).